The number of nitrogens with zero attached hydrogens (tertiary/aromatic N) is 1. The molecule has 5 heteroatoms. The van der Waals surface area contributed by atoms with Crippen molar-refractivity contribution in [1.82, 2.24) is 10.3 Å². The zero-order chi connectivity index (χ0) is 15.2. The van der Waals surface area contributed by atoms with Crippen LogP contribution in [-0.2, 0) is 11.2 Å². The molecule has 0 fully saturated rings. The minimum Gasteiger partial charge on any atom is -0.508 e. The Bertz CT molecular complexity index is 584. The van der Waals surface area contributed by atoms with Crippen molar-refractivity contribution >= 4 is 5.91 Å². The van der Waals surface area contributed by atoms with Crippen molar-refractivity contribution in [1.29, 1.82) is 0 Å². The van der Waals surface area contributed by atoms with Crippen molar-refractivity contribution in [2.45, 2.75) is 25.4 Å². The molecule has 0 aliphatic rings. The molecule has 0 bridgehead atoms. The maximum Gasteiger partial charge on any atom is 0.237 e. The number of hydrogen-bond acceptors (Lipinski definition) is 4. The zero-order valence-corrected chi connectivity index (χ0v) is 11.9. The van der Waals surface area contributed by atoms with Gasteiger partial charge in [0.05, 0.1) is 12.1 Å². The van der Waals surface area contributed by atoms with E-state index in [4.69, 9.17) is 5.73 Å². The number of phenolic OH excluding ortho intramolecular Hbond substituents is 1. The van der Waals surface area contributed by atoms with Crippen molar-refractivity contribution in [3.05, 3.63) is 59.9 Å². The van der Waals surface area contributed by atoms with Crippen LogP contribution in [0.1, 0.15) is 24.1 Å². The summed E-state index contributed by atoms with van der Waals surface area (Å²) < 4.78 is 0. The maximum absolute atomic E-state index is 12.1. The number of carbonyl (C=O) groups is 1. The van der Waals surface area contributed by atoms with Gasteiger partial charge in [0.25, 0.3) is 0 Å². The first-order valence-corrected chi connectivity index (χ1v) is 6.80. The van der Waals surface area contributed by atoms with Gasteiger partial charge < -0.3 is 16.2 Å². The molecule has 0 radical (unpaired) electrons. The molecule has 0 aliphatic carbocycles. The molecule has 2 aromatic rings. The Morgan fingerprint density at radius 1 is 1.24 bits per heavy atom. The van der Waals surface area contributed by atoms with E-state index in [1.165, 1.54) is 0 Å². The number of nitrogens with one attached hydrogen (secondary N) is 1. The van der Waals surface area contributed by atoms with Gasteiger partial charge in [-0.3, -0.25) is 9.78 Å². The average molecular weight is 285 g/mol. The number of rotatable bonds is 5. The molecular weight excluding hydrogens is 266 g/mol. The van der Waals surface area contributed by atoms with Crippen molar-refractivity contribution in [3.63, 3.8) is 0 Å². The van der Waals surface area contributed by atoms with Gasteiger partial charge in [-0.2, -0.15) is 0 Å². The highest BCUT2D eigenvalue weighted by atomic mass is 16.3. The molecule has 1 unspecified atom stereocenters. The Balaban J connectivity index is 1.92. The van der Waals surface area contributed by atoms with Crippen LogP contribution in [0.25, 0.3) is 0 Å². The number of pyridine rings is 1. The van der Waals surface area contributed by atoms with Gasteiger partial charge in [0.1, 0.15) is 5.75 Å². The van der Waals surface area contributed by atoms with Crippen molar-refractivity contribution < 1.29 is 9.90 Å². The van der Waals surface area contributed by atoms with E-state index >= 15 is 0 Å². The Morgan fingerprint density at radius 2 is 1.86 bits per heavy atom. The highest BCUT2D eigenvalue weighted by molar-refractivity contribution is 5.82. The van der Waals surface area contributed by atoms with Gasteiger partial charge in [-0.25, -0.2) is 0 Å². The second-order valence-corrected chi connectivity index (χ2v) is 4.99. The van der Waals surface area contributed by atoms with E-state index in [9.17, 15) is 9.90 Å². The number of aromatic nitrogens is 1. The molecule has 21 heavy (non-hydrogen) atoms. The Morgan fingerprint density at radius 3 is 2.48 bits per heavy atom. The van der Waals surface area contributed by atoms with Gasteiger partial charge >= 0.3 is 0 Å². The van der Waals surface area contributed by atoms with Crippen LogP contribution in [0.2, 0.25) is 0 Å². The molecule has 4 N–H and O–H groups in total. The summed E-state index contributed by atoms with van der Waals surface area (Å²) in [7, 11) is 0. The van der Waals surface area contributed by atoms with Crippen LogP contribution in [0.4, 0.5) is 0 Å². The molecular formula is C16H19N3O2. The minimum absolute atomic E-state index is 0.119. The number of carbonyl (C=O) groups excluding carboxylic acids is 1. The van der Waals surface area contributed by atoms with E-state index < -0.39 is 6.04 Å². The van der Waals surface area contributed by atoms with Crippen LogP contribution < -0.4 is 11.1 Å². The number of phenols is 1. The lowest BCUT2D eigenvalue weighted by molar-refractivity contribution is -0.123. The first kappa shape index (κ1) is 15.0. The molecule has 1 amide bonds. The van der Waals surface area contributed by atoms with Gasteiger partial charge in [0.15, 0.2) is 0 Å². The van der Waals surface area contributed by atoms with E-state index in [2.05, 4.69) is 10.3 Å². The molecule has 110 valence electrons. The van der Waals surface area contributed by atoms with Crippen LogP contribution in [0.5, 0.6) is 5.75 Å². The van der Waals surface area contributed by atoms with Crippen LogP contribution in [0, 0.1) is 0 Å². The lowest BCUT2D eigenvalue weighted by atomic mass is 10.0. The fourth-order valence-corrected chi connectivity index (χ4v) is 2.03. The second-order valence-electron chi connectivity index (χ2n) is 4.99. The normalized spacial score (nSPS) is 13.4. The highest BCUT2D eigenvalue weighted by Crippen LogP contribution is 2.13. The number of nitrogens with two attached hydrogens (primary N) is 1. The van der Waals surface area contributed by atoms with E-state index in [-0.39, 0.29) is 17.7 Å². The summed E-state index contributed by atoms with van der Waals surface area (Å²) in [6.45, 7) is 1.90. The molecule has 2 atom stereocenters. The van der Waals surface area contributed by atoms with Gasteiger partial charge in [-0.15, -0.1) is 0 Å². The minimum atomic E-state index is -0.626. The monoisotopic (exact) mass is 285 g/mol. The third-order valence-electron chi connectivity index (χ3n) is 3.29. The summed E-state index contributed by atoms with van der Waals surface area (Å²) in [6.07, 6.45) is 3.80. The third kappa shape index (κ3) is 4.29. The molecule has 1 heterocycles. The predicted molar refractivity (Wildman–Crippen MR) is 80.6 cm³/mol. The number of aromatic hydroxyl groups is 1. The van der Waals surface area contributed by atoms with E-state index in [1.807, 2.05) is 19.1 Å². The van der Waals surface area contributed by atoms with Gasteiger partial charge in [0.2, 0.25) is 5.91 Å². The molecule has 0 spiro atoms. The van der Waals surface area contributed by atoms with Crippen LogP contribution in [-0.4, -0.2) is 22.0 Å². The summed E-state index contributed by atoms with van der Waals surface area (Å²) in [5.74, 6) is -0.00419. The van der Waals surface area contributed by atoms with Crippen LogP contribution >= 0.6 is 0 Å². The summed E-state index contributed by atoms with van der Waals surface area (Å²) >= 11 is 0. The lowest BCUT2D eigenvalue weighted by Gasteiger charge is -2.18. The Kier molecular flexibility index (Phi) is 4.90. The fourth-order valence-electron chi connectivity index (χ4n) is 2.03. The quantitative estimate of drug-likeness (QED) is 0.777. The molecule has 0 aliphatic heterocycles. The third-order valence-corrected chi connectivity index (χ3v) is 3.29. The molecule has 0 saturated heterocycles. The topological polar surface area (TPSA) is 88.2 Å². The summed E-state index contributed by atoms with van der Waals surface area (Å²) in [6, 6.07) is 9.65. The smallest absolute Gasteiger partial charge is 0.237 e. The standard InChI is InChI=1S/C16H19N3O2/c1-11(13-6-8-18-9-7-13)19-16(21)15(17)10-12-2-4-14(20)5-3-12/h2-9,11,15,20H,10,17H2,1H3,(H,19,21)/t11-,15?/m1/s1. The lowest BCUT2D eigenvalue weighted by Crippen LogP contribution is -2.42. The average Bonchev–Trinajstić information content (AvgIpc) is 2.50. The number of benzene rings is 1. The highest BCUT2D eigenvalue weighted by Gasteiger charge is 2.17. The van der Waals surface area contributed by atoms with Gasteiger partial charge in [-0.1, -0.05) is 12.1 Å². The molecule has 2 rings (SSSR count). The van der Waals surface area contributed by atoms with E-state index in [0.717, 1.165) is 11.1 Å². The first-order valence-electron chi connectivity index (χ1n) is 6.80. The fraction of sp³-hybridized carbons (Fsp3) is 0.250. The van der Waals surface area contributed by atoms with E-state index in [1.54, 1.807) is 36.7 Å². The SMILES string of the molecule is C[C@@H](NC(=O)C(N)Cc1ccc(O)cc1)c1ccncc1. The van der Waals surface area contributed by atoms with Gasteiger partial charge in [0, 0.05) is 12.4 Å². The Hall–Kier alpha value is -2.40. The van der Waals surface area contributed by atoms with Crippen molar-refractivity contribution in [2.24, 2.45) is 5.73 Å². The zero-order valence-electron chi connectivity index (χ0n) is 11.9. The molecule has 5 nitrogen and oxygen atoms in total. The van der Waals surface area contributed by atoms with Crippen LogP contribution in [0.15, 0.2) is 48.8 Å². The first-order chi connectivity index (χ1) is 10.1. The molecule has 0 saturated carbocycles. The second kappa shape index (κ2) is 6.85. The Labute approximate surface area is 123 Å². The van der Waals surface area contributed by atoms with E-state index in [0.29, 0.717) is 6.42 Å². The molecule has 1 aromatic carbocycles. The predicted octanol–water partition coefficient (Wildman–Crippen LogP) is 1.53. The maximum atomic E-state index is 12.1. The summed E-state index contributed by atoms with van der Waals surface area (Å²) in [5.41, 5.74) is 7.82. The van der Waals surface area contributed by atoms with Crippen molar-refractivity contribution in [2.75, 3.05) is 0 Å². The van der Waals surface area contributed by atoms with Gasteiger partial charge in [-0.05, 0) is 48.7 Å². The van der Waals surface area contributed by atoms with Crippen LogP contribution in [0.3, 0.4) is 0 Å². The summed E-state index contributed by atoms with van der Waals surface area (Å²) in [4.78, 5) is 16.0. The number of hydrogen-bond donors (Lipinski definition) is 3. The largest absolute Gasteiger partial charge is 0.508 e. The number of amides is 1. The summed E-state index contributed by atoms with van der Waals surface area (Å²) in [5, 5.41) is 12.1. The molecule has 1 aromatic heterocycles. The van der Waals surface area contributed by atoms with Crippen molar-refractivity contribution in [3.8, 4) is 5.75 Å².